The van der Waals surface area contributed by atoms with Crippen molar-refractivity contribution in [2.24, 2.45) is 34.5 Å². The van der Waals surface area contributed by atoms with Crippen molar-refractivity contribution in [1.82, 2.24) is 0 Å². The van der Waals surface area contributed by atoms with Crippen molar-refractivity contribution in [3.63, 3.8) is 0 Å². The largest absolute Gasteiger partial charge is 0.496 e. The van der Waals surface area contributed by atoms with Crippen molar-refractivity contribution in [2.45, 2.75) is 110 Å². The second-order valence-corrected chi connectivity index (χ2v) is 15.2. The van der Waals surface area contributed by atoms with Crippen LogP contribution in [-0.4, -0.2) is 25.8 Å². The Morgan fingerprint density at radius 2 is 1.02 bits per heavy atom. The summed E-state index contributed by atoms with van der Waals surface area (Å²) >= 11 is 0. The molecule has 0 aliphatic heterocycles. The zero-order chi connectivity index (χ0) is 29.0. The Labute approximate surface area is 258 Å². The number of rotatable bonds is 3. The van der Waals surface area contributed by atoms with E-state index in [0.29, 0.717) is 47.1 Å². The third-order valence-corrected chi connectivity index (χ3v) is 13.8. The second-order valence-electron chi connectivity index (χ2n) is 15.2. The van der Waals surface area contributed by atoms with Gasteiger partial charge in [0.05, 0.1) is 14.2 Å². The SMILES string of the molecule is C.COc1cc2c(cc1-c1cc3c(cc1OC)CCC1C3CCC3(C)C(=O)CCC13)C1CCC3(C)C(=O)CCC3C1CC2. The van der Waals surface area contributed by atoms with Crippen molar-refractivity contribution < 1.29 is 19.1 Å². The Bertz CT molecular complexity index is 1380. The molecule has 0 radical (unpaired) electrons. The van der Waals surface area contributed by atoms with E-state index in [1.54, 1.807) is 14.2 Å². The molecule has 0 spiro atoms. The molecule has 2 aromatic carbocycles. The predicted octanol–water partition coefficient (Wildman–Crippen LogP) is 8.86. The minimum Gasteiger partial charge on any atom is -0.496 e. The fourth-order valence-corrected chi connectivity index (χ4v) is 11.5. The minimum atomic E-state index is -0.105. The average Bonchev–Trinajstić information content (AvgIpc) is 3.49. The van der Waals surface area contributed by atoms with Crippen LogP contribution in [0.4, 0.5) is 0 Å². The fraction of sp³-hybridized carbons (Fsp3) is 0.641. The zero-order valence-electron chi connectivity index (χ0n) is 25.9. The maximum Gasteiger partial charge on any atom is 0.139 e. The van der Waals surface area contributed by atoms with E-state index < -0.39 is 0 Å². The summed E-state index contributed by atoms with van der Waals surface area (Å²) in [5, 5.41) is 0. The van der Waals surface area contributed by atoms with Crippen LogP contribution < -0.4 is 9.47 Å². The van der Waals surface area contributed by atoms with Crippen molar-refractivity contribution in [1.29, 1.82) is 0 Å². The molecule has 0 heterocycles. The third-order valence-electron chi connectivity index (χ3n) is 13.8. The van der Waals surface area contributed by atoms with Gasteiger partial charge in [-0.3, -0.25) is 9.59 Å². The zero-order valence-corrected chi connectivity index (χ0v) is 25.9. The van der Waals surface area contributed by atoms with Crippen LogP contribution >= 0.6 is 0 Å². The van der Waals surface area contributed by atoms with Crippen LogP contribution in [0.25, 0.3) is 11.1 Å². The summed E-state index contributed by atoms with van der Waals surface area (Å²) in [4.78, 5) is 25.8. The highest BCUT2D eigenvalue weighted by atomic mass is 16.5. The van der Waals surface area contributed by atoms with Crippen molar-refractivity contribution >= 4 is 11.6 Å². The van der Waals surface area contributed by atoms with Crippen LogP contribution in [-0.2, 0) is 22.4 Å². The van der Waals surface area contributed by atoms with Crippen molar-refractivity contribution in [3.05, 3.63) is 46.5 Å². The van der Waals surface area contributed by atoms with Crippen molar-refractivity contribution in [3.8, 4) is 22.6 Å². The molecule has 0 N–H and O–H groups in total. The summed E-state index contributed by atoms with van der Waals surface area (Å²) in [5.41, 5.74) is 7.91. The normalized spacial score (nSPS) is 37.2. The summed E-state index contributed by atoms with van der Waals surface area (Å²) in [7, 11) is 3.60. The van der Waals surface area contributed by atoms with E-state index in [2.05, 4.69) is 38.1 Å². The van der Waals surface area contributed by atoms with Gasteiger partial charge in [-0.1, -0.05) is 21.3 Å². The van der Waals surface area contributed by atoms with Crippen LogP contribution in [0, 0.1) is 34.5 Å². The Balaban J connectivity index is 0.00000300. The number of ketones is 2. The summed E-state index contributed by atoms with van der Waals surface area (Å²) in [6.45, 7) is 4.53. The molecule has 6 aliphatic carbocycles. The van der Waals surface area contributed by atoms with Crippen LogP contribution in [0.3, 0.4) is 0 Å². The lowest BCUT2D eigenvalue weighted by molar-refractivity contribution is -0.130. The number of carbonyl (C=O) groups excluding carboxylic acids is 2. The lowest BCUT2D eigenvalue weighted by Gasteiger charge is -2.48. The number of ether oxygens (including phenoxy) is 2. The highest BCUT2D eigenvalue weighted by Crippen LogP contribution is 2.62. The average molecular weight is 583 g/mol. The molecule has 0 aromatic heterocycles. The first-order valence-corrected chi connectivity index (χ1v) is 16.8. The van der Waals surface area contributed by atoms with Gasteiger partial charge in [0, 0.05) is 34.8 Å². The first-order valence-electron chi connectivity index (χ1n) is 16.8. The molecule has 8 unspecified atom stereocenters. The molecule has 0 bridgehead atoms. The molecule has 230 valence electrons. The maximum absolute atomic E-state index is 12.9. The summed E-state index contributed by atoms with van der Waals surface area (Å²) in [6, 6.07) is 9.52. The quantitative estimate of drug-likeness (QED) is 0.363. The first kappa shape index (κ1) is 29.1. The van der Waals surface area contributed by atoms with E-state index >= 15 is 0 Å². The van der Waals surface area contributed by atoms with E-state index in [1.165, 1.54) is 35.1 Å². The van der Waals surface area contributed by atoms with Gasteiger partial charge >= 0.3 is 0 Å². The highest BCUT2D eigenvalue weighted by molar-refractivity contribution is 5.88. The van der Waals surface area contributed by atoms with Crippen LogP contribution in [0.1, 0.15) is 120 Å². The summed E-state index contributed by atoms with van der Waals surface area (Å²) in [5.74, 6) is 6.18. The summed E-state index contributed by atoms with van der Waals surface area (Å²) in [6.07, 6.45) is 12.4. The van der Waals surface area contributed by atoms with Gasteiger partial charge in [0.15, 0.2) is 0 Å². The van der Waals surface area contributed by atoms with Gasteiger partial charge in [-0.15, -0.1) is 0 Å². The number of hydrogen-bond donors (Lipinski definition) is 0. The molecule has 8 rings (SSSR count). The molecule has 4 fully saturated rings. The van der Waals surface area contributed by atoms with E-state index in [4.69, 9.17) is 9.47 Å². The van der Waals surface area contributed by atoms with Gasteiger partial charge in [0.25, 0.3) is 0 Å². The Morgan fingerprint density at radius 1 is 0.605 bits per heavy atom. The molecule has 4 saturated carbocycles. The molecular formula is C39H50O4. The van der Waals surface area contributed by atoms with Crippen LogP contribution in [0.5, 0.6) is 11.5 Å². The van der Waals surface area contributed by atoms with E-state index in [-0.39, 0.29) is 18.3 Å². The molecule has 8 atom stereocenters. The molecule has 2 aromatic rings. The number of benzene rings is 2. The van der Waals surface area contributed by atoms with Gasteiger partial charge in [0.2, 0.25) is 0 Å². The molecule has 0 saturated heterocycles. The van der Waals surface area contributed by atoms with E-state index in [1.807, 2.05) is 0 Å². The van der Waals surface area contributed by atoms with Gasteiger partial charge in [-0.2, -0.15) is 0 Å². The lowest BCUT2D eigenvalue weighted by atomic mass is 9.55. The van der Waals surface area contributed by atoms with Crippen LogP contribution in [0.15, 0.2) is 24.3 Å². The lowest BCUT2D eigenvalue weighted by Crippen LogP contribution is -2.42. The van der Waals surface area contributed by atoms with Crippen molar-refractivity contribution in [2.75, 3.05) is 14.2 Å². The molecular weight excluding hydrogens is 532 g/mol. The van der Waals surface area contributed by atoms with E-state index in [9.17, 15) is 9.59 Å². The standard InChI is InChI=1S/C38H46O4.CH4/c1-37-15-13-23-25(31(37)9-11-35(37)39)7-5-21-17-33(41-3)29(19-27(21)23)30-20-28-22(18-34(30)42-4)6-8-26-24(28)14-16-38(2)32(26)10-12-36(38)40;/h17-20,23-26,31-32H,5-16H2,1-4H3;1H4. The first-order chi connectivity index (χ1) is 20.3. The smallest absolute Gasteiger partial charge is 0.139 e. The third kappa shape index (κ3) is 3.99. The number of carbonyl (C=O) groups is 2. The Kier molecular flexibility index (Phi) is 6.91. The van der Waals surface area contributed by atoms with Gasteiger partial charge in [-0.25, -0.2) is 0 Å². The maximum atomic E-state index is 12.9. The van der Waals surface area contributed by atoms with Gasteiger partial charge < -0.3 is 9.47 Å². The number of aryl methyl sites for hydroxylation is 2. The molecule has 4 heteroatoms. The number of fused-ring (bicyclic) bond motifs is 10. The number of methoxy groups -OCH3 is 2. The molecule has 43 heavy (non-hydrogen) atoms. The topological polar surface area (TPSA) is 52.6 Å². The molecule has 6 aliphatic rings. The Morgan fingerprint density at radius 3 is 1.42 bits per heavy atom. The highest BCUT2D eigenvalue weighted by Gasteiger charge is 2.56. The van der Waals surface area contributed by atoms with Crippen LogP contribution in [0.2, 0.25) is 0 Å². The Hall–Kier alpha value is -2.62. The van der Waals surface area contributed by atoms with Gasteiger partial charge in [-0.05, 0) is 146 Å². The molecule has 0 amide bonds. The predicted molar refractivity (Wildman–Crippen MR) is 171 cm³/mol. The monoisotopic (exact) mass is 582 g/mol. The minimum absolute atomic E-state index is 0. The molecule has 4 nitrogen and oxygen atoms in total. The van der Waals surface area contributed by atoms with Gasteiger partial charge in [0.1, 0.15) is 23.1 Å². The number of Topliss-reactive ketones (excluding diaryl/α,β-unsaturated/α-hetero) is 2. The second kappa shape index (κ2) is 10.2. The fourth-order valence-electron chi connectivity index (χ4n) is 11.5. The number of hydrogen-bond acceptors (Lipinski definition) is 4. The summed E-state index contributed by atoms with van der Waals surface area (Å²) < 4.78 is 12.2. The van der Waals surface area contributed by atoms with E-state index in [0.717, 1.165) is 86.8 Å².